The van der Waals surface area contributed by atoms with Crippen LogP contribution in [0.25, 0.3) is 0 Å². The molecule has 1 aromatic carbocycles. The van der Waals surface area contributed by atoms with E-state index < -0.39 is 17.7 Å². The quantitative estimate of drug-likeness (QED) is 0.614. The van der Waals surface area contributed by atoms with Crippen LogP contribution in [0.3, 0.4) is 0 Å². The van der Waals surface area contributed by atoms with Gasteiger partial charge in [-0.2, -0.15) is 0 Å². The van der Waals surface area contributed by atoms with Crippen LogP contribution in [-0.4, -0.2) is 57.7 Å². The number of pyridine rings is 1. The van der Waals surface area contributed by atoms with Crippen molar-refractivity contribution in [2.45, 2.75) is 23.5 Å². The predicted octanol–water partition coefficient (Wildman–Crippen LogP) is 1.08. The molecule has 2 fully saturated rings. The number of nitrogens with zero attached hydrogens (tertiary/aromatic N) is 5. The zero-order chi connectivity index (χ0) is 22.6. The molecule has 6 rings (SSSR count). The molecule has 1 unspecified atom stereocenters. The number of urea groups is 1. The number of anilines is 1. The smallest absolute Gasteiger partial charge is 0.321 e. The standard InChI is InChI=1S/C23H25N7O3/c1-29-14-27-28-18(29)9-22(12-32-13-22)16-5-2-4-15(8-16)19-23(10-25-11-23)33-17-6-3-7-26-20(17)30(19)21(24)31/h2-8,14,19,25H,9-13H2,1H3,(H2,24,31). The number of aromatic nitrogens is 4. The number of hydrogen-bond donors (Lipinski definition) is 2. The first-order valence-corrected chi connectivity index (χ1v) is 11.0. The molecule has 0 bridgehead atoms. The van der Waals surface area contributed by atoms with Crippen molar-refractivity contribution in [3.05, 3.63) is 65.9 Å². The van der Waals surface area contributed by atoms with Crippen LogP contribution < -0.4 is 20.7 Å². The number of nitrogens with two attached hydrogens (primary N) is 1. The summed E-state index contributed by atoms with van der Waals surface area (Å²) in [7, 11) is 1.95. The van der Waals surface area contributed by atoms with E-state index in [0.29, 0.717) is 44.3 Å². The highest BCUT2D eigenvalue weighted by atomic mass is 16.5. The van der Waals surface area contributed by atoms with Crippen LogP contribution in [0, 0.1) is 0 Å². The number of carbonyl (C=O) groups excluding carboxylic acids is 1. The van der Waals surface area contributed by atoms with Gasteiger partial charge in [-0.15, -0.1) is 10.2 Å². The normalized spacial score (nSPS) is 22.1. The maximum atomic E-state index is 12.7. The summed E-state index contributed by atoms with van der Waals surface area (Å²) < 4.78 is 14.0. The van der Waals surface area contributed by atoms with Gasteiger partial charge in [-0.05, 0) is 23.3 Å². The number of hydrogen-bond acceptors (Lipinski definition) is 7. The Hall–Kier alpha value is -3.50. The van der Waals surface area contributed by atoms with Crippen molar-refractivity contribution < 1.29 is 14.3 Å². The monoisotopic (exact) mass is 447 g/mol. The third-order valence-electron chi connectivity index (χ3n) is 7.01. The maximum absolute atomic E-state index is 12.7. The zero-order valence-corrected chi connectivity index (χ0v) is 18.3. The van der Waals surface area contributed by atoms with E-state index in [-0.39, 0.29) is 5.41 Å². The highest BCUT2D eigenvalue weighted by Crippen LogP contribution is 2.48. The van der Waals surface area contributed by atoms with Gasteiger partial charge in [-0.1, -0.05) is 24.3 Å². The molecule has 3 aromatic rings. The molecule has 33 heavy (non-hydrogen) atoms. The number of carbonyl (C=O) groups is 1. The van der Waals surface area contributed by atoms with Crippen molar-refractivity contribution in [2.75, 3.05) is 31.2 Å². The Bertz CT molecular complexity index is 1220. The van der Waals surface area contributed by atoms with Gasteiger partial charge in [0.1, 0.15) is 18.2 Å². The van der Waals surface area contributed by atoms with E-state index in [9.17, 15) is 4.79 Å². The summed E-state index contributed by atoms with van der Waals surface area (Å²) in [5.41, 5.74) is 7.18. The van der Waals surface area contributed by atoms with E-state index in [1.165, 1.54) is 0 Å². The largest absolute Gasteiger partial charge is 0.478 e. The van der Waals surface area contributed by atoms with Gasteiger partial charge in [0.2, 0.25) is 0 Å². The van der Waals surface area contributed by atoms with Crippen LogP contribution in [-0.2, 0) is 23.6 Å². The van der Waals surface area contributed by atoms with Crippen molar-refractivity contribution in [3.63, 3.8) is 0 Å². The third kappa shape index (κ3) is 3.01. The summed E-state index contributed by atoms with van der Waals surface area (Å²) in [6.07, 6.45) is 4.07. The van der Waals surface area contributed by atoms with Gasteiger partial charge in [0, 0.05) is 38.2 Å². The van der Waals surface area contributed by atoms with Crippen molar-refractivity contribution >= 4 is 11.8 Å². The lowest BCUT2D eigenvalue weighted by molar-refractivity contribution is -0.0612. The molecule has 10 heteroatoms. The molecule has 170 valence electrons. The molecule has 1 spiro atoms. The molecular weight excluding hydrogens is 422 g/mol. The molecule has 5 heterocycles. The molecule has 10 nitrogen and oxygen atoms in total. The van der Waals surface area contributed by atoms with Crippen LogP contribution in [0.5, 0.6) is 5.75 Å². The number of benzene rings is 1. The average molecular weight is 447 g/mol. The van der Waals surface area contributed by atoms with Crippen molar-refractivity contribution in [1.29, 1.82) is 0 Å². The van der Waals surface area contributed by atoms with Crippen LogP contribution in [0.2, 0.25) is 0 Å². The van der Waals surface area contributed by atoms with E-state index in [1.54, 1.807) is 23.5 Å². The summed E-state index contributed by atoms with van der Waals surface area (Å²) in [5.74, 6) is 1.91. The molecule has 2 aromatic heterocycles. The van der Waals surface area contributed by atoms with E-state index in [4.69, 9.17) is 15.2 Å². The first kappa shape index (κ1) is 20.1. The lowest BCUT2D eigenvalue weighted by Gasteiger charge is -2.54. The Kier molecular flexibility index (Phi) is 4.43. The van der Waals surface area contributed by atoms with Crippen molar-refractivity contribution in [3.8, 4) is 5.75 Å². The van der Waals surface area contributed by atoms with Gasteiger partial charge in [-0.25, -0.2) is 9.78 Å². The molecule has 0 aliphatic carbocycles. The minimum atomic E-state index is -0.615. The maximum Gasteiger partial charge on any atom is 0.321 e. The number of amides is 2. The molecule has 2 amide bonds. The molecule has 3 aliphatic heterocycles. The minimum Gasteiger partial charge on any atom is -0.478 e. The van der Waals surface area contributed by atoms with Crippen molar-refractivity contribution in [2.24, 2.45) is 12.8 Å². The van der Waals surface area contributed by atoms with Gasteiger partial charge >= 0.3 is 6.03 Å². The van der Waals surface area contributed by atoms with Gasteiger partial charge < -0.3 is 25.1 Å². The van der Waals surface area contributed by atoms with Gasteiger partial charge in [0.15, 0.2) is 17.2 Å². The lowest BCUT2D eigenvalue weighted by atomic mass is 9.73. The van der Waals surface area contributed by atoms with E-state index in [2.05, 4.69) is 32.6 Å². The third-order valence-corrected chi connectivity index (χ3v) is 7.01. The van der Waals surface area contributed by atoms with Crippen LogP contribution >= 0.6 is 0 Å². The molecule has 2 saturated heterocycles. The minimum absolute atomic E-state index is 0.203. The second-order valence-electron chi connectivity index (χ2n) is 9.14. The Labute approximate surface area is 190 Å². The lowest BCUT2D eigenvalue weighted by Crippen LogP contribution is -2.71. The Morgan fingerprint density at radius 3 is 2.76 bits per heavy atom. The Morgan fingerprint density at radius 2 is 2.12 bits per heavy atom. The van der Waals surface area contributed by atoms with Gasteiger partial charge in [0.05, 0.1) is 13.2 Å². The highest BCUT2D eigenvalue weighted by Gasteiger charge is 2.55. The topological polar surface area (TPSA) is 120 Å². The first-order chi connectivity index (χ1) is 16.0. The summed E-state index contributed by atoms with van der Waals surface area (Å²) >= 11 is 0. The fourth-order valence-corrected chi connectivity index (χ4v) is 5.12. The molecule has 0 saturated carbocycles. The van der Waals surface area contributed by atoms with Gasteiger partial charge in [0.25, 0.3) is 0 Å². The first-order valence-electron chi connectivity index (χ1n) is 11.0. The number of nitrogens with one attached hydrogen (secondary N) is 1. The Morgan fingerprint density at radius 1 is 1.27 bits per heavy atom. The second kappa shape index (κ2) is 7.26. The van der Waals surface area contributed by atoms with E-state index >= 15 is 0 Å². The number of rotatable bonds is 4. The summed E-state index contributed by atoms with van der Waals surface area (Å²) in [4.78, 5) is 18.7. The van der Waals surface area contributed by atoms with E-state index in [0.717, 1.165) is 17.0 Å². The summed E-state index contributed by atoms with van der Waals surface area (Å²) in [6, 6.07) is 11.0. The van der Waals surface area contributed by atoms with Gasteiger partial charge in [-0.3, -0.25) is 4.90 Å². The molecule has 0 radical (unpaired) electrons. The molecule has 3 aliphatic rings. The number of aryl methyl sites for hydroxylation is 1. The summed E-state index contributed by atoms with van der Waals surface area (Å²) in [6.45, 7) is 2.41. The van der Waals surface area contributed by atoms with E-state index in [1.807, 2.05) is 29.8 Å². The molecule has 3 N–H and O–H groups in total. The number of primary amides is 1. The fourth-order valence-electron chi connectivity index (χ4n) is 5.12. The molecule has 1 atom stereocenters. The fraction of sp³-hybridized carbons (Fsp3) is 0.391. The number of ether oxygens (including phenoxy) is 2. The zero-order valence-electron chi connectivity index (χ0n) is 18.3. The number of fused-ring (bicyclic) bond motifs is 1. The molecular formula is C23H25N7O3. The van der Waals surface area contributed by atoms with Crippen LogP contribution in [0.4, 0.5) is 10.6 Å². The highest BCUT2D eigenvalue weighted by molar-refractivity contribution is 5.93. The Balaban J connectivity index is 1.43. The average Bonchev–Trinajstić information content (AvgIpc) is 3.17. The predicted molar refractivity (Wildman–Crippen MR) is 119 cm³/mol. The van der Waals surface area contributed by atoms with Crippen molar-refractivity contribution in [1.82, 2.24) is 25.1 Å². The summed E-state index contributed by atoms with van der Waals surface area (Å²) in [5, 5.41) is 11.6. The second-order valence-corrected chi connectivity index (χ2v) is 9.14. The van der Waals surface area contributed by atoms with Crippen LogP contribution in [0.15, 0.2) is 48.9 Å². The van der Waals surface area contributed by atoms with Crippen LogP contribution in [0.1, 0.15) is 23.0 Å². The SMILES string of the molecule is Cn1cnnc1CC1(c2cccc(C3N(C(N)=O)c4ncccc4OC34CNC4)c2)COC1.